The van der Waals surface area contributed by atoms with Crippen molar-refractivity contribution >= 4 is 38.1 Å². The predicted molar refractivity (Wildman–Crippen MR) is 149 cm³/mol. The first kappa shape index (κ1) is 28.5. The van der Waals surface area contributed by atoms with Crippen molar-refractivity contribution < 1.29 is 22.0 Å². The summed E-state index contributed by atoms with van der Waals surface area (Å²) in [7, 11) is -1.60. The number of piperidine rings is 1. The highest BCUT2D eigenvalue weighted by Gasteiger charge is 2.31. The molecule has 3 N–H and O–H groups in total. The van der Waals surface area contributed by atoms with Gasteiger partial charge in [0.1, 0.15) is 27.2 Å². The molecule has 2 aliphatic rings. The van der Waals surface area contributed by atoms with Gasteiger partial charge in [-0.05, 0) is 44.2 Å². The zero-order chi connectivity index (χ0) is 28.4. The molecular weight excluding hydrogens is 560 g/mol. The van der Waals surface area contributed by atoms with E-state index in [-0.39, 0.29) is 34.7 Å². The van der Waals surface area contributed by atoms with Gasteiger partial charge in [0, 0.05) is 58.1 Å². The molecule has 5 rings (SSSR count). The number of nitrogens with zero attached hydrogens (tertiary/aromatic N) is 5. The van der Waals surface area contributed by atoms with Gasteiger partial charge in [0.25, 0.3) is 0 Å². The summed E-state index contributed by atoms with van der Waals surface area (Å²) >= 11 is 0.914. The van der Waals surface area contributed by atoms with Gasteiger partial charge in [0.05, 0.1) is 11.3 Å². The van der Waals surface area contributed by atoms with Crippen molar-refractivity contribution in [2.75, 3.05) is 57.4 Å². The maximum atomic E-state index is 14.1. The van der Waals surface area contributed by atoms with Crippen molar-refractivity contribution in [3.8, 4) is 0 Å². The number of thiazole rings is 1. The Morgan fingerprint density at radius 2 is 1.75 bits per heavy atom. The molecule has 2 fully saturated rings. The topological polar surface area (TPSA) is 125 Å². The Labute approximate surface area is 235 Å². The molecule has 0 unspecified atom stereocenters. The zero-order valence-corrected chi connectivity index (χ0v) is 23.6. The van der Waals surface area contributed by atoms with Crippen LogP contribution < -0.4 is 11.1 Å². The second-order valence-corrected chi connectivity index (χ2v) is 13.0. The molecule has 4 heterocycles. The number of hydrogen-bond acceptors (Lipinski definition) is 10. The third-order valence-corrected chi connectivity index (χ3v) is 10.1. The van der Waals surface area contributed by atoms with Gasteiger partial charge in [-0.2, -0.15) is 4.31 Å². The van der Waals surface area contributed by atoms with Crippen molar-refractivity contribution in [1.29, 1.82) is 0 Å². The normalized spacial score (nSPS) is 18.2. The quantitative estimate of drug-likeness (QED) is 0.381. The SMILES string of the molecule is CN1CCN(Cc2ccc(S(=O)(=O)N3CCC(Nc4nc(N)c(C(=O)c5c(F)cccc5F)s4)CC3)cn2)CC1. The summed E-state index contributed by atoms with van der Waals surface area (Å²) in [6, 6.07) is 6.47. The van der Waals surface area contributed by atoms with Crippen molar-refractivity contribution in [3.05, 3.63) is 64.3 Å². The van der Waals surface area contributed by atoms with Crippen LogP contribution in [0.4, 0.5) is 19.7 Å². The van der Waals surface area contributed by atoms with Crippen LogP contribution in [0.15, 0.2) is 41.4 Å². The second-order valence-electron chi connectivity index (χ2n) is 10.0. The van der Waals surface area contributed by atoms with E-state index in [1.165, 1.54) is 16.6 Å². The number of nitrogens with one attached hydrogen (secondary N) is 1. The van der Waals surface area contributed by atoms with Gasteiger partial charge < -0.3 is 16.0 Å². The molecule has 0 aliphatic carbocycles. The van der Waals surface area contributed by atoms with Crippen LogP contribution >= 0.6 is 11.3 Å². The summed E-state index contributed by atoms with van der Waals surface area (Å²) < 4.78 is 56.1. The lowest BCUT2D eigenvalue weighted by Gasteiger charge is -2.32. The number of piperazine rings is 1. The fourth-order valence-corrected chi connectivity index (χ4v) is 7.16. The lowest BCUT2D eigenvalue weighted by molar-refractivity contribution is 0.103. The second kappa shape index (κ2) is 11.8. The minimum absolute atomic E-state index is 0.0601. The Bertz CT molecular complexity index is 1450. The van der Waals surface area contributed by atoms with Gasteiger partial charge in [-0.15, -0.1) is 0 Å². The molecule has 2 aromatic heterocycles. The standard InChI is InChI=1S/C26H31F2N7O3S2/c1-33-11-13-34(14-12-33)16-18-5-6-19(15-30-18)40(37,38)35-9-7-17(8-10-35)31-26-32-25(29)24(39-26)23(36)22-20(27)3-2-4-21(22)28/h2-6,15,17H,7-14,16,29H2,1H3,(H,31,32). The van der Waals surface area contributed by atoms with Crippen LogP contribution in [-0.4, -0.2) is 90.6 Å². The number of halogens is 2. The zero-order valence-electron chi connectivity index (χ0n) is 22.0. The fraction of sp³-hybridized carbons (Fsp3) is 0.423. The van der Waals surface area contributed by atoms with Gasteiger partial charge in [0.2, 0.25) is 15.8 Å². The molecule has 0 atom stereocenters. The molecule has 10 nitrogen and oxygen atoms in total. The van der Waals surface area contributed by atoms with E-state index in [4.69, 9.17) is 5.73 Å². The van der Waals surface area contributed by atoms with Crippen LogP contribution in [0.2, 0.25) is 0 Å². The van der Waals surface area contributed by atoms with Crippen molar-refractivity contribution in [2.24, 2.45) is 0 Å². The summed E-state index contributed by atoms with van der Waals surface area (Å²) in [5, 5.41) is 3.52. The summed E-state index contributed by atoms with van der Waals surface area (Å²) in [5.74, 6) is -2.94. The highest BCUT2D eigenvalue weighted by Crippen LogP contribution is 2.31. The van der Waals surface area contributed by atoms with Gasteiger partial charge in [0.15, 0.2) is 5.13 Å². The van der Waals surface area contributed by atoms with Crippen molar-refractivity contribution in [1.82, 2.24) is 24.1 Å². The number of aromatic nitrogens is 2. The van der Waals surface area contributed by atoms with Gasteiger partial charge in [-0.1, -0.05) is 17.4 Å². The Balaban J connectivity index is 1.17. The number of benzene rings is 1. The molecule has 214 valence electrons. The Morgan fingerprint density at radius 1 is 1.07 bits per heavy atom. The minimum atomic E-state index is -3.69. The molecule has 0 saturated carbocycles. The molecule has 0 bridgehead atoms. The number of ketones is 1. The molecule has 2 saturated heterocycles. The Morgan fingerprint density at radius 3 is 2.38 bits per heavy atom. The highest BCUT2D eigenvalue weighted by atomic mass is 32.2. The van der Waals surface area contributed by atoms with Crippen LogP contribution in [0.5, 0.6) is 0 Å². The van der Waals surface area contributed by atoms with Crippen LogP contribution in [-0.2, 0) is 16.6 Å². The number of anilines is 2. The molecule has 3 aromatic rings. The Kier molecular flexibility index (Phi) is 8.42. The predicted octanol–water partition coefficient (Wildman–Crippen LogP) is 2.64. The van der Waals surface area contributed by atoms with Crippen LogP contribution in [0.1, 0.15) is 33.8 Å². The number of carbonyl (C=O) groups excluding carboxylic acids is 1. The smallest absolute Gasteiger partial charge is 0.244 e. The number of rotatable bonds is 8. The fourth-order valence-electron chi connectivity index (χ4n) is 4.84. The average Bonchev–Trinajstić information content (AvgIpc) is 3.30. The van der Waals surface area contributed by atoms with E-state index in [9.17, 15) is 22.0 Å². The largest absolute Gasteiger partial charge is 0.382 e. The third kappa shape index (κ3) is 6.15. The summed E-state index contributed by atoms with van der Waals surface area (Å²) in [5.41, 5.74) is 6.05. The van der Waals surface area contributed by atoms with E-state index < -0.39 is 33.0 Å². The maximum Gasteiger partial charge on any atom is 0.244 e. The van der Waals surface area contributed by atoms with Crippen molar-refractivity contribution in [2.45, 2.75) is 30.3 Å². The van der Waals surface area contributed by atoms with E-state index in [0.29, 0.717) is 24.5 Å². The number of pyridine rings is 1. The number of carbonyl (C=O) groups is 1. The van der Waals surface area contributed by atoms with Gasteiger partial charge in [-0.25, -0.2) is 22.2 Å². The Hall–Kier alpha value is -3.04. The monoisotopic (exact) mass is 591 g/mol. The van der Waals surface area contributed by atoms with E-state index in [0.717, 1.165) is 55.3 Å². The van der Waals surface area contributed by atoms with E-state index in [1.807, 2.05) is 0 Å². The molecule has 1 aromatic carbocycles. The van der Waals surface area contributed by atoms with Crippen LogP contribution in [0, 0.1) is 11.6 Å². The van der Waals surface area contributed by atoms with E-state index in [2.05, 4.69) is 32.1 Å². The summed E-state index contributed by atoms with van der Waals surface area (Å²) in [6.07, 6.45) is 2.43. The molecule has 0 amide bonds. The third-order valence-electron chi connectivity index (χ3n) is 7.25. The van der Waals surface area contributed by atoms with Gasteiger partial charge >= 0.3 is 0 Å². The lowest BCUT2D eigenvalue weighted by atomic mass is 10.1. The number of nitrogen functional groups attached to an aromatic ring is 1. The first-order valence-corrected chi connectivity index (χ1v) is 15.2. The molecule has 2 aliphatic heterocycles. The maximum absolute atomic E-state index is 14.1. The number of hydrogen-bond donors (Lipinski definition) is 2. The first-order chi connectivity index (χ1) is 19.1. The number of likely N-dealkylation sites (N-methyl/N-ethyl adjacent to an activating group) is 1. The minimum Gasteiger partial charge on any atom is -0.382 e. The molecule has 14 heteroatoms. The summed E-state index contributed by atoms with van der Waals surface area (Å²) in [6.45, 7) is 5.18. The van der Waals surface area contributed by atoms with Gasteiger partial charge in [-0.3, -0.25) is 14.7 Å². The van der Waals surface area contributed by atoms with E-state index in [1.54, 1.807) is 12.1 Å². The van der Waals surface area contributed by atoms with Crippen molar-refractivity contribution in [3.63, 3.8) is 0 Å². The van der Waals surface area contributed by atoms with Crippen LogP contribution in [0.25, 0.3) is 0 Å². The summed E-state index contributed by atoms with van der Waals surface area (Å²) in [4.78, 5) is 26.0. The number of sulfonamides is 1. The lowest BCUT2D eigenvalue weighted by Crippen LogP contribution is -2.44. The van der Waals surface area contributed by atoms with E-state index >= 15 is 0 Å². The first-order valence-electron chi connectivity index (χ1n) is 13.0. The molecule has 0 spiro atoms. The van der Waals surface area contributed by atoms with Crippen LogP contribution in [0.3, 0.4) is 0 Å². The number of nitrogens with two attached hydrogens (primary N) is 1. The molecule has 0 radical (unpaired) electrons. The average molecular weight is 592 g/mol. The molecule has 40 heavy (non-hydrogen) atoms. The molecular formula is C26H31F2N7O3S2. The highest BCUT2D eigenvalue weighted by molar-refractivity contribution is 7.89.